The fourth-order valence-electron chi connectivity index (χ4n) is 0.0577. The van der Waals surface area contributed by atoms with E-state index in [1.165, 1.54) is 0 Å². The number of hydrogen-bond acceptors (Lipinski definition) is 7. The Hall–Kier alpha value is 0.509. The molecule has 0 aromatic carbocycles. The Balaban J connectivity index is -0.000000126. The van der Waals surface area contributed by atoms with Gasteiger partial charge in [0.15, 0.2) is 0 Å². The summed E-state index contributed by atoms with van der Waals surface area (Å²) in [5.74, 6) is 0. The molecule has 0 spiro atoms. The molecule has 0 amide bonds. The molecule has 0 aromatic rings. The van der Waals surface area contributed by atoms with Crippen LogP contribution in [-0.4, -0.2) is 34.6 Å². The summed E-state index contributed by atoms with van der Waals surface area (Å²) >= 11 is 0. The molecule has 0 aliphatic carbocycles. The first-order valence-corrected chi connectivity index (χ1v) is 3.90. The van der Waals surface area contributed by atoms with E-state index in [1.54, 1.807) is 0 Å². The Morgan fingerprint density at radius 1 is 1.17 bits per heavy atom. The summed E-state index contributed by atoms with van der Waals surface area (Å²) in [7, 11) is -5.39. The zero-order valence-corrected chi connectivity index (χ0v) is 7.87. The van der Waals surface area contributed by atoms with Gasteiger partial charge in [-0.15, -0.1) is 0 Å². The topological polar surface area (TPSA) is 147 Å². The zero-order valence-electron chi connectivity index (χ0n) is 5.79. The monoisotopic (exact) mass is 242 g/mol. The molecule has 0 radical (unpaired) electrons. The molecule has 12 heavy (non-hydrogen) atoms. The zero-order chi connectivity index (χ0) is 9.49. The summed E-state index contributed by atoms with van der Waals surface area (Å²) in [6, 6.07) is 0. The van der Waals surface area contributed by atoms with Gasteiger partial charge in [0.25, 0.3) is 0 Å². The number of aliphatic hydroxyl groups is 3. The van der Waals surface area contributed by atoms with E-state index in [2.05, 4.69) is 0 Å². The SMILES string of the molecule is O=P([O-])([O-])[O-].OCC(O)CO.[Mn+3]. The fourth-order valence-corrected chi connectivity index (χ4v) is 0.0577. The summed E-state index contributed by atoms with van der Waals surface area (Å²) < 4.78 is 8.55. The van der Waals surface area contributed by atoms with E-state index in [4.69, 9.17) is 34.6 Å². The van der Waals surface area contributed by atoms with Crippen LogP contribution in [0.3, 0.4) is 0 Å². The van der Waals surface area contributed by atoms with Gasteiger partial charge in [-0.3, -0.25) is 0 Å². The average molecular weight is 242 g/mol. The molecule has 0 aliphatic heterocycles. The Bertz CT molecular complexity index is 112. The first-order chi connectivity index (χ1) is 4.81. The Morgan fingerprint density at radius 3 is 1.33 bits per heavy atom. The van der Waals surface area contributed by atoms with Crippen LogP contribution >= 0.6 is 7.82 Å². The Kier molecular flexibility index (Phi) is 14.7. The summed E-state index contributed by atoms with van der Waals surface area (Å²) in [5.41, 5.74) is 0. The second kappa shape index (κ2) is 9.60. The van der Waals surface area contributed by atoms with Crippen molar-refractivity contribution < 1.29 is 51.6 Å². The van der Waals surface area contributed by atoms with E-state index in [0.717, 1.165) is 0 Å². The third-order valence-electron chi connectivity index (χ3n) is 0.421. The normalized spacial score (nSPS) is 9.92. The molecular weight excluding hydrogens is 234 g/mol. The first-order valence-electron chi connectivity index (χ1n) is 2.44. The molecule has 0 heterocycles. The molecule has 0 aliphatic rings. The van der Waals surface area contributed by atoms with E-state index in [0.29, 0.717) is 0 Å². The van der Waals surface area contributed by atoms with Crippen LogP contribution in [0.15, 0.2) is 0 Å². The third-order valence-corrected chi connectivity index (χ3v) is 0.421. The van der Waals surface area contributed by atoms with Crippen molar-refractivity contribution in [2.24, 2.45) is 0 Å². The molecule has 9 heteroatoms. The van der Waals surface area contributed by atoms with Gasteiger partial charge in [-0.1, -0.05) is 0 Å². The van der Waals surface area contributed by atoms with Crippen LogP contribution in [0.5, 0.6) is 0 Å². The fraction of sp³-hybridized carbons (Fsp3) is 1.00. The predicted octanol–water partition coefficient (Wildman–Crippen LogP) is -4.50. The van der Waals surface area contributed by atoms with Crippen LogP contribution in [0, 0.1) is 0 Å². The third kappa shape index (κ3) is 46.7. The summed E-state index contributed by atoms with van der Waals surface area (Å²) in [6.45, 7) is -0.729. The average Bonchev–Trinajstić information content (AvgIpc) is 1.83. The molecule has 7 nitrogen and oxygen atoms in total. The van der Waals surface area contributed by atoms with Crippen LogP contribution in [0.2, 0.25) is 0 Å². The van der Waals surface area contributed by atoms with Gasteiger partial charge in [0.2, 0.25) is 0 Å². The quantitative estimate of drug-likeness (QED) is 0.326. The van der Waals surface area contributed by atoms with Gasteiger partial charge in [0.05, 0.1) is 13.2 Å². The van der Waals surface area contributed by atoms with Crippen molar-refractivity contribution in [2.75, 3.05) is 13.2 Å². The van der Waals surface area contributed by atoms with E-state index < -0.39 is 13.9 Å². The van der Waals surface area contributed by atoms with Crippen LogP contribution < -0.4 is 14.7 Å². The second-order valence-corrected chi connectivity index (χ2v) is 2.36. The summed E-state index contributed by atoms with van der Waals surface area (Å²) in [5, 5.41) is 24.0. The predicted molar refractivity (Wildman–Crippen MR) is 27.8 cm³/mol. The van der Waals surface area contributed by atoms with Crippen molar-refractivity contribution in [3.63, 3.8) is 0 Å². The Labute approximate surface area is 79.4 Å². The van der Waals surface area contributed by atoms with E-state index in [1.807, 2.05) is 0 Å². The summed E-state index contributed by atoms with van der Waals surface area (Å²) in [4.78, 5) is 25.6. The molecular formula is C3H8MnO7P. The van der Waals surface area contributed by atoms with Gasteiger partial charge in [-0.05, 0) is 0 Å². The smallest absolute Gasteiger partial charge is 0.822 e. The van der Waals surface area contributed by atoms with E-state index in [-0.39, 0.29) is 30.3 Å². The Morgan fingerprint density at radius 2 is 1.33 bits per heavy atom. The molecule has 0 bridgehead atoms. The largest absolute Gasteiger partial charge is 3.00 e. The van der Waals surface area contributed by atoms with Crippen LogP contribution in [0.1, 0.15) is 0 Å². The van der Waals surface area contributed by atoms with Gasteiger partial charge in [-0.25, -0.2) is 0 Å². The molecule has 0 rings (SSSR count). The molecule has 74 valence electrons. The van der Waals surface area contributed by atoms with Crippen molar-refractivity contribution in [3.8, 4) is 0 Å². The number of hydrogen-bond donors (Lipinski definition) is 3. The second-order valence-electron chi connectivity index (χ2n) is 1.47. The van der Waals surface area contributed by atoms with Crippen molar-refractivity contribution >= 4 is 7.82 Å². The van der Waals surface area contributed by atoms with Crippen molar-refractivity contribution in [3.05, 3.63) is 0 Å². The summed E-state index contributed by atoms with van der Waals surface area (Å²) in [6.07, 6.45) is -0.954. The maximum Gasteiger partial charge on any atom is 3.00 e. The van der Waals surface area contributed by atoms with Gasteiger partial charge >= 0.3 is 17.1 Å². The van der Waals surface area contributed by atoms with Crippen LogP contribution in [0.4, 0.5) is 0 Å². The first kappa shape index (κ1) is 18.3. The standard InChI is InChI=1S/C3H8O3.Mn.H3O4P/c4-1-3(6)2-5;;1-5(2,3)4/h3-6H,1-2H2;;(H3,1,2,3,4)/q;+3;/p-3. The molecule has 0 unspecified atom stereocenters. The van der Waals surface area contributed by atoms with Crippen molar-refractivity contribution in [1.82, 2.24) is 0 Å². The van der Waals surface area contributed by atoms with E-state index >= 15 is 0 Å². The van der Waals surface area contributed by atoms with Gasteiger partial charge < -0.3 is 34.6 Å². The molecule has 0 saturated carbocycles. The maximum atomic E-state index is 8.55. The number of rotatable bonds is 2. The van der Waals surface area contributed by atoms with Gasteiger partial charge in [-0.2, -0.15) is 7.82 Å². The van der Waals surface area contributed by atoms with Gasteiger partial charge in [0, 0.05) is 0 Å². The van der Waals surface area contributed by atoms with Crippen LogP contribution in [0.25, 0.3) is 0 Å². The number of phosphoric acid groups is 1. The van der Waals surface area contributed by atoms with Gasteiger partial charge in [0.1, 0.15) is 6.10 Å². The molecule has 0 aromatic heterocycles. The minimum Gasteiger partial charge on any atom is -0.822 e. The minimum absolute atomic E-state index is 0. The molecule has 0 atom stereocenters. The molecule has 0 saturated heterocycles. The minimum atomic E-state index is -5.39. The van der Waals surface area contributed by atoms with Crippen molar-refractivity contribution in [2.45, 2.75) is 6.10 Å². The molecule has 0 fully saturated rings. The maximum absolute atomic E-state index is 8.55. The van der Waals surface area contributed by atoms with E-state index in [9.17, 15) is 0 Å². The molecule has 3 N–H and O–H groups in total. The number of aliphatic hydroxyl groups excluding tert-OH is 3. The van der Waals surface area contributed by atoms with Crippen molar-refractivity contribution in [1.29, 1.82) is 0 Å². The van der Waals surface area contributed by atoms with Crippen LogP contribution in [-0.2, 0) is 21.6 Å².